The quantitative estimate of drug-likeness (QED) is 0.129. The molecule has 6 aromatic carbocycles. The van der Waals surface area contributed by atoms with Crippen LogP contribution < -0.4 is 13.9 Å². The fraction of sp³-hybridized carbons (Fsp3) is 0.0196. The fourth-order valence-corrected chi connectivity index (χ4v) is 11.4. The molecule has 0 unspecified atom stereocenters. The Kier molecular flexibility index (Phi) is 4.62. The second-order valence-corrected chi connectivity index (χ2v) is 15.6. The van der Waals surface area contributed by atoms with Gasteiger partial charge >= 0.3 is 5.66 Å². The first-order valence-electron chi connectivity index (χ1n) is 19.4. The van der Waals surface area contributed by atoms with Crippen LogP contribution in [0.2, 0.25) is 0 Å². The Morgan fingerprint density at radius 3 is 1.29 bits per heavy atom. The van der Waals surface area contributed by atoms with Crippen LogP contribution >= 0.6 is 0 Å². The van der Waals surface area contributed by atoms with E-state index in [4.69, 9.17) is 4.74 Å². The third-order valence-corrected chi connectivity index (χ3v) is 13.2. The Morgan fingerprint density at radius 2 is 0.821 bits per heavy atom. The maximum Gasteiger partial charge on any atom is 0.425 e. The zero-order valence-electron chi connectivity index (χ0n) is 29.9. The van der Waals surface area contributed by atoms with Crippen molar-refractivity contribution in [2.24, 2.45) is 0 Å². The number of ether oxygens (including phenoxy) is 1. The van der Waals surface area contributed by atoms with Crippen molar-refractivity contribution in [1.29, 1.82) is 0 Å². The van der Waals surface area contributed by atoms with Gasteiger partial charge in [0.1, 0.15) is 22.5 Å². The molecule has 0 saturated carbocycles. The normalized spacial score (nSPS) is 14.4. The largest absolute Gasteiger partial charge is 0.456 e. The SMILES string of the molecule is c1ccc(-c2c3ccccc3c3c4ccc5c6c4c4c(ccc[n+]4C64c6c(ccc7c6c6c(ccc[n+]64)n4c(-c6ccccc6)c6ccccc6c74)O5)n23)cc1. The fourth-order valence-electron chi connectivity index (χ4n) is 11.4. The molecule has 1 spiro atoms. The third-order valence-electron chi connectivity index (χ3n) is 13.2. The molecule has 0 N–H and O–H groups in total. The van der Waals surface area contributed by atoms with Gasteiger partial charge in [0.05, 0.1) is 33.2 Å². The maximum absolute atomic E-state index is 7.11. The van der Waals surface area contributed by atoms with Crippen molar-refractivity contribution >= 4 is 76.2 Å². The number of benzene rings is 6. The van der Waals surface area contributed by atoms with E-state index < -0.39 is 5.66 Å². The van der Waals surface area contributed by atoms with E-state index in [2.05, 4.69) is 188 Å². The van der Waals surface area contributed by atoms with E-state index >= 15 is 0 Å². The molecule has 56 heavy (non-hydrogen) atoms. The lowest BCUT2D eigenvalue weighted by atomic mass is 9.85. The highest BCUT2D eigenvalue weighted by Gasteiger charge is 2.69. The number of hydrogen-bond acceptors (Lipinski definition) is 1. The van der Waals surface area contributed by atoms with E-state index in [1.807, 2.05) is 0 Å². The minimum Gasteiger partial charge on any atom is -0.456 e. The molecule has 0 saturated heterocycles. The predicted octanol–water partition coefficient (Wildman–Crippen LogP) is 11.1. The van der Waals surface area contributed by atoms with Crippen LogP contribution in [-0.2, 0) is 5.66 Å². The summed E-state index contributed by atoms with van der Waals surface area (Å²) in [5.74, 6) is 1.83. The monoisotopic (exact) mass is 712 g/mol. The molecular weight excluding hydrogens is 685 g/mol. The number of rotatable bonds is 2. The highest BCUT2D eigenvalue weighted by Crippen LogP contribution is 2.59. The minimum absolute atomic E-state index is 0.699. The number of hydrogen-bond donors (Lipinski definition) is 0. The van der Waals surface area contributed by atoms with Crippen molar-refractivity contribution in [1.82, 2.24) is 8.80 Å². The summed E-state index contributed by atoms with van der Waals surface area (Å²) in [7, 11) is 0. The van der Waals surface area contributed by atoms with Crippen molar-refractivity contribution < 1.29 is 13.9 Å². The van der Waals surface area contributed by atoms with Crippen LogP contribution in [0.25, 0.3) is 98.7 Å². The molecule has 5 heteroatoms. The highest BCUT2D eigenvalue weighted by molar-refractivity contribution is 6.26. The Labute approximate surface area is 318 Å². The van der Waals surface area contributed by atoms with E-state index in [0.29, 0.717) is 0 Å². The van der Waals surface area contributed by atoms with Crippen LogP contribution in [0.4, 0.5) is 0 Å². The van der Waals surface area contributed by atoms with Crippen molar-refractivity contribution in [2.45, 2.75) is 5.66 Å². The van der Waals surface area contributed by atoms with Crippen molar-refractivity contribution in [3.63, 3.8) is 0 Å². The third kappa shape index (κ3) is 2.83. The molecule has 9 heterocycles. The average molecular weight is 713 g/mol. The molecule has 0 atom stereocenters. The zero-order chi connectivity index (χ0) is 36.0. The lowest BCUT2D eigenvalue weighted by Gasteiger charge is -2.26. The zero-order valence-corrected chi connectivity index (χ0v) is 29.9. The van der Waals surface area contributed by atoms with Gasteiger partial charge in [-0.3, -0.25) is 0 Å². The Morgan fingerprint density at radius 1 is 0.393 bits per heavy atom. The van der Waals surface area contributed by atoms with Gasteiger partial charge < -0.3 is 13.5 Å². The van der Waals surface area contributed by atoms with Gasteiger partial charge in [-0.25, -0.2) is 0 Å². The van der Waals surface area contributed by atoms with E-state index in [0.717, 1.165) is 11.5 Å². The summed E-state index contributed by atoms with van der Waals surface area (Å²) in [6.45, 7) is 0. The number of fused-ring (bicyclic) bond motifs is 10. The van der Waals surface area contributed by atoms with Crippen LogP contribution in [-0.4, -0.2) is 8.80 Å². The van der Waals surface area contributed by atoms with Crippen LogP contribution in [0.15, 0.2) is 170 Å². The first-order valence-corrected chi connectivity index (χ1v) is 19.4. The number of nitrogens with zero attached hydrogens (tertiary/aromatic N) is 4. The van der Waals surface area contributed by atoms with Gasteiger partial charge in [0.25, 0.3) is 0 Å². The second kappa shape index (κ2) is 9.23. The van der Waals surface area contributed by atoms with Crippen LogP contribution in [0.1, 0.15) is 11.1 Å². The summed E-state index contributed by atoms with van der Waals surface area (Å²) >= 11 is 0. The second-order valence-electron chi connectivity index (χ2n) is 15.6. The van der Waals surface area contributed by atoms with Crippen LogP contribution in [0, 0.1) is 0 Å². The van der Waals surface area contributed by atoms with Crippen molar-refractivity contribution in [3.8, 4) is 34.0 Å². The van der Waals surface area contributed by atoms with Gasteiger partial charge in [-0.1, -0.05) is 109 Å². The van der Waals surface area contributed by atoms with Crippen LogP contribution in [0.5, 0.6) is 11.5 Å². The summed E-state index contributed by atoms with van der Waals surface area (Å²) in [5, 5.41) is 10.0. The summed E-state index contributed by atoms with van der Waals surface area (Å²) in [6.07, 6.45) is 4.62. The van der Waals surface area contributed by atoms with Gasteiger partial charge in [-0.2, -0.15) is 0 Å². The molecule has 5 nitrogen and oxygen atoms in total. The smallest absolute Gasteiger partial charge is 0.425 e. The average Bonchev–Trinajstić information content (AvgIpc) is 3.99. The standard InChI is InChI=1S/C51H28N4O/c1-3-13-29(14-4-1)45-31-17-7-9-19-33(31)47-35-23-25-39-43-41(35)49-37(54(45)47)21-11-27-52(49)51(43)44-40(56-39)26-24-36-42(44)50-38(22-12-28-53(50)51)55-46(30-15-5-2-6-16-30)32-18-8-10-20-34(32)48(36)55/h1-28H/q+2. The molecule has 15 rings (SSSR count). The van der Waals surface area contributed by atoms with Gasteiger partial charge in [0.15, 0.2) is 23.5 Å². The van der Waals surface area contributed by atoms with Crippen molar-refractivity contribution in [3.05, 3.63) is 181 Å². The van der Waals surface area contributed by atoms with E-state index in [-0.39, 0.29) is 0 Å². The van der Waals surface area contributed by atoms with Gasteiger partial charge in [-0.15, -0.1) is 9.13 Å². The maximum atomic E-state index is 7.11. The molecular formula is C51H28N4O+2. The molecule has 0 bridgehead atoms. The molecule has 0 amide bonds. The summed E-state index contributed by atoms with van der Waals surface area (Å²) in [4.78, 5) is 0. The Bertz CT molecular complexity index is 3590. The summed E-state index contributed by atoms with van der Waals surface area (Å²) < 4.78 is 17.3. The molecule has 0 radical (unpaired) electrons. The predicted molar refractivity (Wildman–Crippen MR) is 223 cm³/mol. The molecule has 256 valence electrons. The lowest BCUT2D eigenvalue weighted by molar-refractivity contribution is -0.945. The molecule has 3 aliphatic rings. The summed E-state index contributed by atoms with van der Waals surface area (Å²) in [6, 6.07) is 57.8. The molecule has 3 aliphatic heterocycles. The topological polar surface area (TPSA) is 25.8 Å². The lowest BCUT2D eigenvalue weighted by Crippen LogP contribution is -2.72. The van der Waals surface area contributed by atoms with E-state index in [9.17, 15) is 0 Å². The molecule has 0 aliphatic carbocycles. The van der Waals surface area contributed by atoms with E-state index in [1.165, 1.54) is 110 Å². The van der Waals surface area contributed by atoms with Gasteiger partial charge in [-0.05, 0) is 47.5 Å². The first-order chi connectivity index (χ1) is 27.8. The number of aromatic nitrogens is 4. The van der Waals surface area contributed by atoms with Crippen LogP contribution in [0.3, 0.4) is 0 Å². The Hall–Kier alpha value is -7.50. The highest BCUT2D eigenvalue weighted by atomic mass is 16.5. The van der Waals surface area contributed by atoms with Gasteiger partial charge in [0.2, 0.25) is 11.0 Å². The molecule has 6 aromatic heterocycles. The Balaban J connectivity index is 1.19. The summed E-state index contributed by atoms with van der Waals surface area (Å²) in [5.41, 5.74) is 13.8. The van der Waals surface area contributed by atoms with E-state index in [1.54, 1.807) is 0 Å². The van der Waals surface area contributed by atoms with Crippen molar-refractivity contribution in [2.75, 3.05) is 0 Å². The minimum atomic E-state index is -0.699. The molecule has 12 aromatic rings. The van der Waals surface area contributed by atoms with Gasteiger partial charge in [0, 0.05) is 44.5 Å². The molecule has 0 fully saturated rings. The first kappa shape index (κ1) is 28.0. The number of pyridine rings is 4.